The number of aromatic amines is 1. The Bertz CT molecular complexity index is 264. The van der Waals surface area contributed by atoms with Gasteiger partial charge in [0.1, 0.15) is 0 Å². The van der Waals surface area contributed by atoms with Gasteiger partial charge in [0.25, 0.3) is 0 Å². The van der Waals surface area contributed by atoms with E-state index in [0.29, 0.717) is 0 Å². The van der Waals surface area contributed by atoms with Crippen LogP contribution in [0.4, 0.5) is 0 Å². The van der Waals surface area contributed by atoms with E-state index in [1.165, 1.54) is 5.69 Å². The maximum atomic E-state index is 5.77. The molecule has 0 aliphatic rings. The standard InChI is InChI=1S/C10H18N4/c1-2-12-6-9(11)4-3-5-10-7-13-8-14-10/h6-8,12H,2-5,11H2,1H3,(H,13,14)/b9-6-. The Labute approximate surface area is 84.6 Å². The zero-order valence-electron chi connectivity index (χ0n) is 8.59. The van der Waals surface area contributed by atoms with Crippen molar-refractivity contribution < 1.29 is 0 Å². The van der Waals surface area contributed by atoms with Crippen LogP contribution < -0.4 is 11.1 Å². The summed E-state index contributed by atoms with van der Waals surface area (Å²) in [5.41, 5.74) is 7.85. The van der Waals surface area contributed by atoms with Crippen molar-refractivity contribution in [1.82, 2.24) is 15.3 Å². The van der Waals surface area contributed by atoms with Gasteiger partial charge in [-0.05, 0) is 26.2 Å². The average Bonchev–Trinajstić information content (AvgIpc) is 2.67. The largest absolute Gasteiger partial charge is 0.401 e. The summed E-state index contributed by atoms with van der Waals surface area (Å²) in [6, 6.07) is 0. The minimum absolute atomic E-state index is 0.909. The Hall–Kier alpha value is -1.45. The van der Waals surface area contributed by atoms with Crippen LogP contribution in [-0.2, 0) is 6.42 Å². The molecular weight excluding hydrogens is 176 g/mol. The van der Waals surface area contributed by atoms with Crippen molar-refractivity contribution in [3.63, 3.8) is 0 Å². The highest BCUT2D eigenvalue weighted by Crippen LogP contribution is 2.03. The molecule has 0 radical (unpaired) electrons. The molecule has 4 nitrogen and oxygen atoms in total. The van der Waals surface area contributed by atoms with Crippen LogP contribution in [0.15, 0.2) is 24.4 Å². The predicted octanol–water partition coefficient (Wildman–Crippen LogP) is 1.14. The lowest BCUT2D eigenvalue weighted by Crippen LogP contribution is -2.08. The van der Waals surface area contributed by atoms with Gasteiger partial charge >= 0.3 is 0 Å². The highest BCUT2D eigenvalue weighted by Gasteiger charge is 1.95. The van der Waals surface area contributed by atoms with Crippen molar-refractivity contribution >= 4 is 0 Å². The van der Waals surface area contributed by atoms with Gasteiger partial charge in [-0.2, -0.15) is 0 Å². The molecule has 1 aromatic rings. The molecule has 0 bridgehead atoms. The number of nitrogens with zero attached hydrogens (tertiary/aromatic N) is 1. The second kappa shape index (κ2) is 6.07. The fourth-order valence-corrected chi connectivity index (χ4v) is 1.21. The molecule has 14 heavy (non-hydrogen) atoms. The summed E-state index contributed by atoms with van der Waals surface area (Å²) in [7, 11) is 0. The van der Waals surface area contributed by atoms with Gasteiger partial charge in [-0.1, -0.05) is 0 Å². The van der Waals surface area contributed by atoms with E-state index in [9.17, 15) is 0 Å². The molecule has 0 amide bonds. The van der Waals surface area contributed by atoms with Crippen LogP contribution in [0.1, 0.15) is 25.5 Å². The number of hydrogen-bond donors (Lipinski definition) is 3. The molecule has 0 aromatic carbocycles. The number of nitrogens with one attached hydrogen (secondary N) is 2. The third-order valence-electron chi connectivity index (χ3n) is 1.96. The monoisotopic (exact) mass is 194 g/mol. The second-order valence-corrected chi connectivity index (χ2v) is 3.21. The summed E-state index contributed by atoms with van der Waals surface area (Å²) in [5, 5.41) is 3.08. The first kappa shape index (κ1) is 10.6. The van der Waals surface area contributed by atoms with Crippen molar-refractivity contribution in [1.29, 1.82) is 0 Å². The maximum Gasteiger partial charge on any atom is 0.0921 e. The van der Waals surface area contributed by atoms with E-state index in [1.807, 2.05) is 19.3 Å². The van der Waals surface area contributed by atoms with E-state index in [0.717, 1.165) is 31.5 Å². The zero-order chi connectivity index (χ0) is 10.2. The average molecular weight is 194 g/mol. The summed E-state index contributed by atoms with van der Waals surface area (Å²) < 4.78 is 0. The number of hydrogen-bond acceptors (Lipinski definition) is 3. The molecule has 78 valence electrons. The Kier molecular flexibility index (Phi) is 4.61. The Balaban J connectivity index is 2.15. The molecule has 0 aliphatic heterocycles. The van der Waals surface area contributed by atoms with Crippen LogP contribution >= 0.6 is 0 Å². The van der Waals surface area contributed by atoms with Crippen molar-refractivity contribution in [2.75, 3.05) is 6.54 Å². The molecule has 0 saturated carbocycles. The first-order valence-electron chi connectivity index (χ1n) is 4.98. The first-order valence-corrected chi connectivity index (χ1v) is 4.98. The van der Waals surface area contributed by atoms with Gasteiger partial charge in [0, 0.05) is 30.3 Å². The third kappa shape index (κ3) is 3.98. The van der Waals surface area contributed by atoms with Crippen LogP contribution in [0.2, 0.25) is 0 Å². The Morgan fingerprint density at radius 1 is 1.71 bits per heavy atom. The minimum Gasteiger partial charge on any atom is -0.401 e. The van der Waals surface area contributed by atoms with Crippen LogP contribution in [0.25, 0.3) is 0 Å². The van der Waals surface area contributed by atoms with Gasteiger partial charge in [0.15, 0.2) is 0 Å². The zero-order valence-corrected chi connectivity index (χ0v) is 8.59. The van der Waals surface area contributed by atoms with Crippen LogP contribution in [0.3, 0.4) is 0 Å². The summed E-state index contributed by atoms with van der Waals surface area (Å²) in [4.78, 5) is 7.02. The molecule has 4 heteroatoms. The summed E-state index contributed by atoms with van der Waals surface area (Å²) in [6.07, 6.45) is 8.41. The third-order valence-corrected chi connectivity index (χ3v) is 1.96. The van der Waals surface area contributed by atoms with Gasteiger partial charge in [-0.15, -0.1) is 0 Å². The number of aryl methyl sites for hydroxylation is 1. The SMILES string of the molecule is CCN/C=C(\N)CCCc1cnc[nH]1. The lowest BCUT2D eigenvalue weighted by Gasteiger charge is -2.01. The molecule has 0 saturated heterocycles. The van der Waals surface area contributed by atoms with E-state index in [-0.39, 0.29) is 0 Å². The molecule has 0 atom stereocenters. The molecule has 0 aliphatic carbocycles. The number of aromatic nitrogens is 2. The van der Waals surface area contributed by atoms with Crippen molar-refractivity contribution in [3.05, 3.63) is 30.1 Å². The molecule has 4 N–H and O–H groups in total. The van der Waals surface area contributed by atoms with Crippen molar-refractivity contribution in [3.8, 4) is 0 Å². The lowest BCUT2D eigenvalue weighted by molar-refractivity contribution is 0.776. The van der Waals surface area contributed by atoms with E-state index in [1.54, 1.807) is 6.33 Å². The van der Waals surface area contributed by atoms with Gasteiger partial charge in [0.05, 0.1) is 6.33 Å². The highest BCUT2D eigenvalue weighted by atomic mass is 14.9. The van der Waals surface area contributed by atoms with E-state index >= 15 is 0 Å². The van der Waals surface area contributed by atoms with Crippen molar-refractivity contribution in [2.24, 2.45) is 5.73 Å². The number of rotatable bonds is 6. The molecular formula is C10H18N4. The first-order chi connectivity index (χ1) is 6.83. The van der Waals surface area contributed by atoms with E-state index < -0.39 is 0 Å². The molecule has 0 unspecified atom stereocenters. The molecule has 1 aromatic heterocycles. The summed E-state index contributed by atoms with van der Waals surface area (Å²) in [6.45, 7) is 2.97. The number of imidazole rings is 1. The number of H-pyrrole nitrogens is 1. The van der Waals surface area contributed by atoms with E-state index in [2.05, 4.69) is 15.3 Å². The highest BCUT2D eigenvalue weighted by molar-refractivity contribution is 4.98. The quantitative estimate of drug-likeness (QED) is 0.636. The Morgan fingerprint density at radius 3 is 3.21 bits per heavy atom. The van der Waals surface area contributed by atoms with Gasteiger partial charge in [-0.25, -0.2) is 4.98 Å². The van der Waals surface area contributed by atoms with Crippen LogP contribution in [0, 0.1) is 0 Å². The molecule has 1 rings (SSSR count). The van der Waals surface area contributed by atoms with Crippen LogP contribution in [-0.4, -0.2) is 16.5 Å². The van der Waals surface area contributed by atoms with Crippen LogP contribution in [0.5, 0.6) is 0 Å². The molecule has 0 spiro atoms. The second-order valence-electron chi connectivity index (χ2n) is 3.21. The van der Waals surface area contributed by atoms with Crippen molar-refractivity contribution in [2.45, 2.75) is 26.2 Å². The number of nitrogens with two attached hydrogens (primary N) is 1. The fourth-order valence-electron chi connectivity index (χ4n) is 1.21. The Morgan fingerprint density at radius 2 is 2.57 bits per heavy atom. The maximum absolute atomic E-state index is 5.77. The normalized spacial score (nSPS) is 11.6. The predicted molar refractivity (Wildman–Crippen MR) is 57.5 cm³/mol. The van der Waals surface area contributed by atoms with Gasteiger partial charge in [0.2, 0.25) is 0 Å². The molecule has 0 fully saturated rings. The smallest absolute Gasteiger partial charge is 0.0921 e. The topological polar surface area (TPSA) is 66.7 Å². The fraction of sp³-hybridized carbons (Fsp3) is 0.500. The lowest BCUT2D eigenvalue weighted by atomic mass is 10.2. The summed E-state index contributed by atoms with van der Waals surface area (Å²) >= 11 is 0. The number of allylic oxidation sites excluding steroid dienone is 1. The minimum atomic E-state index is 0.909. The van der Waals surface area contributed by atoms with Gasteiger partial charge < -0.3 is 16.0 Å². The van der Waals surface area contributed by atoms with Gasteiger partial charge in [-0.3, -0.25) is 0 Å². The van der Waals surface area contributed by atoms with E-state index in [4.69, 9.17) is 5.73 Å². The summed E-state index contributed by atoms with van der Waals surface area (Å²) in [5.74, 6) is 0. The molecule has 1 heterocycles.